The maximum Gasteiger partial charge on any atom is 0.237 e. The predicted octanol–water partition coefficient (Wildman–Crippen LogP) is -1.36. The minimum Gasteiger partial charge on any atom is -0.378 e. The number of hydrogen-bond acceptors (Lipinski definition) is 6. The quantitative estimate of drug-likeness (QED) is 0.430. The molecule has 0 radical (unpaired) electrons. The van der Waals surface area contributed by atoms with Gasteiger partial charge in [-0.05, 0) is 26.7 Å². The van der Waals surface area contributed by atoms with Crippen LogP contribution < -0.4 is 15.8 Å². The highest BCUT2D eigenvalue weighted by Gasteiger charge is 2.28. The van der Waals surface area contributed by atoms with Crippen molar-refractivity contribution in [2.75, 3.05) is 45.1 Å². The standard InChI is InChI=1S/C15H30N4O5S/c1-12(2)24-8-9-25(22,23)18-10-14(20)19-7-3-4-13(11-19)15(21)17-6-5-16/h12-13,18H,3-11,16H2,1-2H3,(H,17,21). The van der Waals surface area contributed by atoms with Crippen molar-refractivity contribution in [3.05, 3.63) is 0 Å². The van der Waals surface area contributed by atoms with Crippen LogP contribution in [0.15, 0.2) is 0 Å². The summed E-state index contributed by atoms with van der Waals surface area (Å²) in [7, 11) is -3.57. The molecule has 0 bridgehead atoms. The first kappa shape index (κ1) is 21.8. The van der Waals surface area contributed by atoms with Crippen molar-refractivity contribution in [3.63, 3.8) is 0 Å². The average molecular weight is 378 g/mol. The van der Waals surface area contributed by atoms with Gasteiger partial charge >= 0.3 is 0 Å². The number of sulfonamides is 1. The van der Waals surface area contributed by atoms with Gasteiger partial charge in [-0.1, -0.05) is 0 Å². The molecular weight excluding hydrogens is 348 g/mol. The van der Waals surface area contributed by atoms with Crippen molar-refractivity contribution < 1.29 is 22.7 Å². The second-order valence-corrected chi connectivity index (χ2v) is 8.24. The van der Waals surface area contributed by atoms with E-state index in [9.17, 15) is 18.0 Å². The summed E-state index contributed by atoms with van der Waals surface area (Å²) in [5.41, 5.74) is 5.36. The number of nitrogens with two attached hydrogens (primary N) is 1. The number of nitrogens with one attached hydrogen (secondary N) is 2. The summed E-state index contributed by atoms with van der Waals surface area (Å²) in [4.78, 5) is 25.7. The van der Waals surface area contributed by atoms with Crippen molar-refractivity contribution in [2.45, 2.75) is 32.8 Å². The Hall–Kier alpha value is -1.23. The minimum atomic E-state index is -3.57. The number of amides is 2. The Morgan fingerprint density at radius 2 is 2.08 bits per heavy atom. The number of carbonyl (C=O) groups is 2. The number of piperidine rings is 1. The maximum atomic E-state index is 12.2. The molecule has 0 saturated carbocycles. The highest BCUT2D eigenvalue weighted by atomic mass is 32.2. The lowest BCUT2D eigenvalue weighted by Gasteiger charge is -2.32. The normalized spacial score (nSPS) is 18.4. The van der Waals surface area contributed by atoms with Crippen molar-refractivity contribution in [1.82, 2.24) is 14.9 Å². The van der Waals surface area contributed by atoms with Crippen molar-refractivity contribution >= 4 is 21.8 Å². The first-order valence-electron chi connectivity index (χ1n) is 8.59. The van der Waals surface area contributed by atoms with Gasteiger partial charge in [-0.15, -0.1) is 0 Å². The van der Waals surface area contributed by atoms with E-state index in [1.54, 1.807) is 0 Å². The van der Waals surface area contributed by atoms with Crippen LogP contribution >= 0.6 is 0 Å². The first-order valence-corrected chi connectivity index (χ1v) is 10.2. The zero-order valence-corrected chi connectivity index (χ0v) is 15.8. The van der Waals surface area contributed by atoms with Crippen LogP contribution in [0.25, 0.3) is 0 Å². The minimum absolute atomic E-state index is 0.0486. The van der Waals surface area contributed by atoms with Gasteiger partial charge < -0.3 is 20.7 Å². The van der Waals surface area contributed by atoms with Crippen LogP contribution in [0.4, 0.5) is 0 Å². The molecule has 0 aromatic rings. The number of ether oxygens (including phenoxy) is 1. The van der Waals surface area contributed by atoms with Gasteiger partial charge in [0.05, 0.1) is 30.9 Å². The van der Waals surface area contributed by atoms with E-state index in [0.717, 1.165) is 0 Å². The van der Waals surface area contributed by atoms with E-state index in [1.165, 1.54) is 4.90 Å². The van der Waals surface area contributed by atoms with E-state index in [2.05, 4.69) is 10.0 Å². The molecule has 2 amide bonds. The zero-order valence-electron chi connectivity index (χ0n) is 15.0. The fraction of sp³-hybridized carbons (Fsp3) is 0.867. The number of carbonyl (C=O) groups excluding carboxylic acids is 2. The molecule has 0 spiro atoms. The molecule has 4 N–H and O–H groups in total. The van der Waals surface area contributed by atoms with E-state index in [1.807, 2.05) is 13.8 Å². The highest BCUT2D eigenvalue weighted by Crippen LogP contribution is 2.16. The summed E-state index contributed by atoms with van der Waals surface area (Å²) < 4.78 is 31.2. The van der Waals surface area contributed by atoms with Crippen LogP contribution in [-0.4, -0.2) is 76.3 Å². The van der Waals surface area contributed by atoms with E-state index < -0.39 is 10.0 Å². The smallest absolute Gasteiger partial charge is 0.237 e. The molecule has 0 aromatic heterocycles. The van der Waals surface area contributed by atoms with Crippen LogP contribution in [-0.2, 0) is 24.3 Å². The predicted molar refractivity (Wildman–Crippen MR) is 94.2 cm³/mol. The fourth-order valence-electron chi connectivity index (χ4n) is 2.51. The third-order valence-electron chi connectivity index (χ3n) is 3.84. The van der Waals surface area contributed by atoms with Crippen LogP contribution in [0.5, 0.6) is 0 Å². The molecule has 1 saturated heterocycles. The van der Waals surface area contributed by atoms with Gasteiger partial charge in [0, 0.05) is 26.2 Å². The van der Waals surface area contributed by atoms with Crippen molar-refractivity contribution in [1.29, 1.82) is 0 Å². The largest absolute Gasteiger partial charge is 0.378 e. The summed E-state index contributed by atoms with van der Waals surface area (Å²) in [6.45, 7) is 5.01. The van der Waals surface area contributed by atoms with Crippen LogP contribution in [0, 0.1) is 5.92 Å². The molecule has 1 aliphatic rings. The van der Waals surface area contributed by atoms with Gasteiger partial charge in [-0.2, -0.15) is 0 Å². The molecule has 1 heterocycles. The summed E-state index contributed by atoms with van der Waals surface area (Å²) >= 11 is 0. The highest BCUT2D eigenvalue weighted by molar-refractivity contribution is 7.89. The Labute approximate surface area is 149 Å². The Kier molecular flexibility index (Phi) is 9.33. The van der Waals surface area contributed by atoms with Crippen LogP contribution in [0.3, 0.4) is 0 Å². The number of rotatable bonds is 10. The van der Waals surface area contributed by atoms with Gasteiger partial charge in [0.15, 0.2) is 0 Å². The van der Waals surface area contributed by atoms with Gasteiger partial charge in [0.1, 0.15) is 0 Å². The fourth-order valence-corrected chi connectivity index (χ4v) is 3.31. The Morgan fingerprint density at radius 1 is 1.36 bits per heavy atom. The van der Waals surface area contributed by atoms with Gasteiger partial charge in [0.25, 0.3) is 0 Å². The molecule has 1 aliphatic heterocycles. The number of likely N-dealkylation sites (tertiary alicyclic amines) is 1. The summed E-state index contributed by atoms with van der Waals surface area (Å²) in [5.74, 6) is -0.915. The number of nitrogens with zero attached hydrogens (tertiary/aromatic N) is 1. The van der Waals surface area contributed by atoms with Crippen molar-refractivity contribution in [2.24, 2.45) is 11.7 Å². The lowest BCUT2D eigenvalue weighted by Crippen LogP contribution is -2.49. The Balaban J connectivity index is 2.42. The molecule has 1 atom stereocenters. The lowest BCUT2D eigenvalue weighted by atomic mass is 9.97. The molecule has 1 rings (SSSR count). The molecule has 1 unspecified atom stereocenters. The van der Waals surface area contributed by atoms with Crippen LogP contribution in [0.2, 0.25) is 0 Å². The van der Waals surface area contributed by atoms with E-state index in [-0.39, 0.29) is 42.7 Å². The summed E-state index contributed by atoms with van der Waals surface area (Å²) in [5, 5.41) is 2.72. The van der Waals surface area contributed by atoms with Gasteiger partial charge in [-0.25, -0.2) is 13.1 Å². The average Bonchev–Trinajstić information content (AvgIpc) is 2.57. The van der Waals surface area contributed by atoms with E-state index in [0.29, 0.717) is 39.0 Å². The molecule has 1 fully saturated rings. The lowest BCUT2D eigenvalue weighted by molar-refractivity contribution is -0.134. The van der Waals surface area contributed by atoms with Gasteiger partial charge in [-0.3, -0.25) is 9.59 Å². The molecule has 25 heavy (non-hydrogen) atoms. The third kappa shape index (κ3) is 8.61. The number of hydrogen-bond donors (Lipinski definition) is 3. The van der Waals surface area contributed by atoms with E-state index >= 15 is 0 Å². The molecule has 0 aromatic carbocycles. The first-order chi connectivity index (χ1) is 11.7. The Bertz CT molecular complexity index is 538. The molecular formula is C15H30N4O5S. The summed E-state index contributed by atoms with van der Waals surface area (Å²) in [6.07, 6.45) is 1.37. The second kappa shape index (κ2) is 10.7. The topological polar surface area (TPSA) is 131 Å². The molecule has 9 nitrogen and oxygen atoms in total. The van der Waals surface area contributed by atoms with Gasteiger partial charge in [0.2, 0.25) is 21.8 Å². The molecule has 0 aliphatic carbocycles. The Morgan fingerprint density at radius 3 is 2.72 bits per heavy atom. The molecule has 146 valence electrons. The zero-order chi connectivity index (χ0) is 18.9. The molecule has 10 heteroatoms. The van der Waals surface area contributed by atoms with Crippen molar-refractivity contribution in [3.8, 4) is 0 Å². The maximum absolute atomic E-state index is 12.2. The van der Waals surface area contributed by atoms with Crippen LogP contribution in [0.1, 0.15) is 26.7 Å². The van der Waals surface area contributed by atoms with E-state index in [4.69, 9.17) is 10.5 Å². The summed E-state index contributed by atoms with van der Waals surface area (Å²) in [6, 6.07) is 0. The SMILES string of the molecule is CC(C)OCCS(=O)(=O)NCC(=O)N1CCCC(C(=O)NCCN)C1. The second-order valence-electron chi connectivity index (χ2n) is 6.32. The monoisotopic (exact) mass is 378 g/mol. The third-order valence-corrected chi connectivity index (χ3v) is 5.12.